The van der Waals surface area contributed by atoms with Crippen LogP contribution in [0.15, 0.2) is 65.1 Å². The molecule has 2 heterocycles. The average Bonchev–Trinajstić information content (AvgIpc) is 3.17. The number of halogens is 2. The Balaban J connectivity index is 1.71. The van der Waals surface area contributed by atoms with Crippen molar-refractivity contribution in [1.29, 1.82) is 0 Å². The number of carbonyl (C=O) groups excluding carboxylic acids is 1. The van der Waals surface area contributed by atoms with Crippen LogP contribution < -0.4 is 4.31 Å². The summed E-state index contributed by atoms with van der Waals surface area (Å²) in [5, 5.41) is 0.408. The van der Waals surface area contributed by atoms with E-state index < -0.39 is 39.8 Å². The lowest BCUT2D eigenvalue weighted by Crippen LogP contribution is -2.33. The van der Waals surface area contributed by atoms with Crippen molar-refractivity contribution in [3.8, 4) is 11.3 Å². The molecule has 7 nitrogen and oxygen atoms in total. The van der Waals surface area contributed by atoms with Crippen molar-refractivity contribution < 1.29 is 35.9 Å². The zero-order valence-electron chi connectivity index (χ0n) is 20.9. The lowest BCUT2D eigenvalue weighted by Gasteiger charge is -2.25. The Hall–Kier alpha value is -3.76. The molecule has 38 heavy (non-hydrogen) atoms. The number of benzene rings is 3. The van der Waals surface area contributed by atoms with Crippen LogP contribution in [0.25, 0.3) is 22.3 Å². The maximum absolute atomic E-state index is 13.6. The summed E-state index contributed by atoms with van der Waals surface area (Å²) >= 11 is 0. The van der Waals surface area contributed by atoms with Crippen LogP contribution in [0, 0.1) is 11.6 Å². The smallest absolute Gasteiger partial charge is 0.342 e. The van der Waals surface area contributed by atoms with Gasteiger partial charge >= 0.3 is 5.97 Å². The summed E-state index contributed by atoms with van der Waals surface area (Å²) in [6.45, 7) is 3.53. The molecular weight excluding hydrogens is 516 g/mol. The second-order valence-corrected chi connectivity index (χ2v) is 11.0. The first kappa shape index (κ1) is 25.9. The van der Waals surface area contributed by atoms with E-state index in [0.29, 0.717) is 27.8 Å². The van der Waals surface area contributed by atoms with Gasteiger partial charge in [0.2, 0.25) is 10.0 Å². The van der Waals surface area contributed by atoms with Crippen LogP contribution in [0.4, 0.5) is 14.5 Å². The van der Waals surface area contributed by atoms with Crippen LogP contribution in [-0.4, -0.2) is 33.8 Å². The number of hydrogen-bond donors (Lipinski definition) is 0. The van der Waals surface area contributed by atoms with Gasteiger partial charge in [0.05, 0.1) is 31.2 Å². The van der Waals surface area contributed by atoms with Crippen LogP contribution in [-0.2, 0) is 19.5 Å². The molecule has 2 atom stereocenters. The van der Waals surface area contributed by atoms with Crippen LogP contribution in [0.3, 0.4) is 0 Å². The zero-order valence-corrected chi connectivity index (χ0v) is 21.7. The van der Waals surface area contributed by atoms with E-state index in [9.17, 15) is 22.0 Å². The molecule has 0 saturated heterocycles. The molecular formula is C28H25F2NO6S. The minimum absolute atomic E-state index is 0.0520. The molecule has 0 spiro atoms. The summed E-state index contributed by atoms with van der Waals surface area (Å²) in [5.41, 5.74) is 2.34. The largest absolute Gasteiger partial charge is 0.462 e. The molecule has 0 saturated carbocycles. The standard InChI is InChI=1S/C28H25F2NO6S/c1-4-35-28(32)26-22-13-21-16(2)36-25(17-5-9-19(29)10-6-17)15-31(38(3,33)34)23(21)14-24(22)37-27(26)18-7-11-20(30)12-8-18/h5-14,16,25H,4,15H2,1-3H3. The number of esters is 1. The highest BCUT2D eigenvalue weighted by atomic mass is 32.2. The number of hydrogen-bond acceptors (Lipinski definition) is 6. The van der Waals surface area contributed by atoms with Gasteiger partial charge in [-0.1, -0.05) is 12.1 Å². The van der Waals surface area contributed by atoms with Gasteiger partial charge in [-0.25, -0.2) is 22.0 Å². The van der Waals surface area contributed by atoms with E-state index in [-0.39, 0.29) is 30.1 Å². The molecule has 0 N–H and O–H groups in total. The van der Waals surface area contributed by atoms with Crippen molar-refractivity contribution in [2.45, 2.75) is 26.1 Å². The summed E-state index contributed by atoms with van der Waals surface area (Å²) in [7, 11) is -3.78. The Morgan fingerprint density at radius 2 is 1.68 bits per heavy atom. The van der Waals surface area contributed by atoms with Gasteiger partial charge in [0.25, 0.3) is 0 Å². The summed E-state index contributed by atoms with van der Waals surface area (Å²) in [6.07, 6.45) is -0.191. The third-order valence-corrected chi connectivity index (χ3v) is 7.62. The normalized spacial score (nSPS) is 17.8. The number of ether oxygens (including phenoxy) is 2. The Morgan fingerprint density at radius 1 is 1.05 bits per heavy atom. The van der Waals surface area contributed by atoms with Crippen molar-refractivity contribution in [2.75, 3.05) is 23.7 Å². The minimum Gasteiger partial charge on any atom is -0.462 e. The molecule has 1 aliphatic rings. The summed E-state index contributed by atoms with van der Waals surface area (Å²) < 4.78 is 71.9. The van der Waals surface area contributed by atoms with Gasteiger partial charge in [-0.15, -0.1) is 0 Å². The first-order valence-corrected chi connectivity index (χ1v) is 13.8. The number of furan rings is 1. The van der Waals surface area contributed by atoms with E-state index in [0.717, 1.165) is 6.26 Å². The molecule has 0 aliphatic carbocycles. The molecule has 0 radical (unpaired) electrons. The molecule has 0 fully saturated rings. The SMILES string of the molecule is CCOC(=O)c1c(-c2ccc(F)cc2)oc2cc3c(cc12)C(C)OC(c1ccc(F)cc1)CN3S(C)(=O)=O. The van der Waals surface area contributed by atoms with Gasteiger partial charge in [-0.3, -0.25) is 4.31 Å². The second kappa shape index (κ2) is 9.85. The van der Waals surface area contributed by atoms with Gasteiger partial charge in [0.15, 0.2) is 0 Å². The molecule has 1 aromatic heterocycles. The van der Waals surface area contributed by atoms with Crippen molar-refractivity contribution in [3.05, 3.63) is 89.0 Å². The summed E-state index contributed by atoms with van der Waals surface area (Å²) in [6, 6.07) is 14.4. The number of rotatable bonds is 5. The monoisotopic (exact) mass is 541 g/mol. The zero-order chi connectivity index (χ0) is 27.2. The lowest BCUT2D eigenvalue weighted by atomic mass is 10.0. The number of nitrogens with zero attached hydrogens (tertiary/aromatic N) is 1. The van der Waals surface area contributed by atoms with Crippen molar-refractivity contribution >= 4 is 32.6 Å². The topological polar surface area (TPSA) is 86.1 Å². The number of carbonyl (C=O) groups is 1. The Bertz CT molecular complexity index is 1610. The predicted molar refractivity (Wildman–Crippen MR) is 138 cm³/mol. The molecule has 0 amide bonds. The first-order valence-electron chi connectivity index (χ1n) is 12.0. The lowest BCUT2D eigenvalue weighted by molar-refractivity contribution is 0.00528. The van der Waals surface area contributed by atoms with Gasteiger partial charge < -0.3 is 13.9 Å². The molecule has 5 rings (SSSR count). The third kappa shape index (κ3) is 4.77. The van der Waals surface area contributed by atoms with E-state index in [2.05, 4.69) is 0 Å². The first-order chi connectivity index (χ1) is 18.1. The fourth-order valence-electron chi connectivity index (χ4n) is 4.69. The van der Waals surface area contributed by atoms with Crippen LogP contribution in [0.5, 0.6) is 0 Å². The van der Waals surface area contributed by atoms with Crippen molar-refractivity contribution in [3.63, 3.8) is 0 Å². The molecule has 3 aromatic carbocycles. The summed E-state index contributed by atoms with van der Waals surface area (Å²) in [5.74, 6) is -1.30. The van der Waals surface area contributed by atoms with Crippen molar-refractivity contribution in [2.24, 2.45) is 0 Å². The van der Waals surface area contributed by atoms with E-state index in [4.69, 9.17) is 13.9 Å². The Morgan fingerprint density at radius 3 is 2.29 bits per heavy atom. The maximum atomic E-state index is 13.6. The summed E-state index contributed by atoms with van der Waals surface area (Å²) in [4.78, 5) is 13.1. The molecule has 10 heteroatoms. The maximum Gasteiger partial charge on any atom is 0.342 e. The van der Waals surface area contributed by atoms with Gasteiger partial charge in [0.1, 0.15) is 34.6 Å². The Labute approximate surface area is 218 Å². The highest BCUT2D eigenvalue weighted by molar-refractivity contribution is 7.92. The highest BCUT2D eigenvalue weighted by Crippen LogP contribution is 2.44. The van der Waals surface area contributed by atoms with Gasteiger partial charge in [-0.2, -0.15) is 0 Å². The molecule has 0 bridgehead atoms. The fourth-order valence-corrected chi connectivity index (χ4v) is 5.61. The number of anilines is 1. The Kier molecular flexibility index (Phi) is 6.70. The fraction of sp³-hybridized carbons (Fsp3) is 0.250. The average molecular weight is 542 g/mol. The van der Waals surface area contributed by atoms with Gasteiger partial charge in [0, 0.05) is 22.6 Å². The molecule has 198 valence electrons. The number of fused-ring (bicyclic) bond motifs is 2. The van der Waals surface area contributed by atoms with Crippen molar-refractivity contribution in [1.82, 2.24) is 0 Å². The second-order valence-electron chi connectivity index (χ2n) is 9.05. The highest BCUT2D eigenvalue weighted by Gasteiger charge is 2.34. The van der Waals surface area contributed by atoms with Gasteiger partial charge in [-0.05, 0) is 61.9 Å². The van der Waals surface area contributed by atoms with E-state index in [1.807, 2.05) is 0 Å². The van der Waals surface area contributed by atoms with E-state index in [1.165, 1.54) is 40.7 Å². The molecule has 4 aromatic rings. The molecule has 1 aliphatic heterocycles. The van der Waals surface area contributed by atoms with Crippen LogP contribution in [0.2, 0.25) is 0 Å². The molecule has 2 unspecified atom stereocenters. The third-order valence-electron chi connectivity index (χ3n) is 6.47. The minimum atomic E-state index is -3.78. The number of sulfonamides is 1. The van der Waals surface area contributed by atoms with E-state index >= 15 is 0 Å². The van der Waals surface area contributed by atoms with Crippen LogP contribution >= 0.6 is 0 Å². The van der Waals surface area contributed by atoms with E-state index in [1.54, 1.807) is 38.1 Å². The predicted octanol–water partition coefficient (Wildman–Crippen LogP) is 6.15. The van der Waals surface area contributed by atoms with Crippen LogP contribution in [0.1, 0.15) is 47.5 Å². The quantitative estimate of drug-likeness (QED) is 0.282.